The molecule has 1 aliphatic carbocycles. The zero-order valence-corrected chi connectivity index (χ0v) is 25.3. The van der Waals surface area contributed by atoms with Crippen LogP contribution in [0.2, 0.25) is 0 Å². The van der Waals surface area contributed by atoms with Crippen LogP contribution in [0.1, 0.15) is 160 Å². The average molecular weight is 544 g/mol. The Morgan fingerprint density at radius 1 is 0.795 bits per heavy atom. The topological polar surface area (TPSA) is 34.4 Å². The van der Waals surface area contributed by atoms with E-state index < -0.39 is 6.17 Å². The number of nitrogens with zero attached hydrogens (tertiary/aromatic N) is 1. The van der Waals surface area contributed by atoms with Crippen LogP contribution in [-0.4, -0.2) is 22.5 Å². The fourth-order valence-electron chi connectivity index (χ4n) is 5.98. The van der Waals surface area contributed by atoms with Gasteiger partial charge in [0.05, 0.1) is 12.1 Å². The fraction of sp³-hybridized carbons (Fsp3) is 0.771. The Morgan fingerprint density at radius 3 is 1.90 bits per heavy atom. The smallest absolute Gasteiger partial charge is 0.167 e. The monoisotopic (exact) mass is 543 g/mol. The number of phenolic OH excluding ortho intramolecular Hbond substituents is 1. The molecule has 0 bridgehead atoms. The lowest BCUT2D eigenvalue weighted by molar-refractivity contribution is 0.221. The number of aromatic nitrogens is 1. The molecule has 1 fully saturated rings. The quantitative estimate of drug-likeness (QED) is 0.134. The number of hydrogen-bond acceptors (Lipinski definition) is 2. The summed E-state index contributed by atoms with van der Waals surface area (Å²) < 4.78 is 22.0. The van der Waals surface area contributed by atoms with Crippen molar-refractivity contribution in [3.05, 3.63) is 23.9 Å². The molecule has 1 atom stereocenters. The maximum Gasteiger partial charge on any atom is 0.167 e. The van der Waals surface area contributed by atoms with E-state index in [4.69, 9.17) is 4.74 Å². The molecule has 3 rings (SSSR count). The number of aryl methyl sites for hydroxylation is 1. The average Bonchev–Trinajstić information content (AvgIpc) is 3.71. The highest BCUT2D eigenvalue weighted by Crippen LogP contribution is 2.45. The predicted octanol–water partition coefficient (Wildman–Crippen LogP) is 11.4. The highest BCUT2D eigenvalue weighted by atomic mass is 19.1. The Hall–Kier alpha value is -1.71. The van der Waals surface area contributed by atoms with E-state index >= 15 is 0 Å². The zero-order valence-electron chi connectivity index (χ0n) is 25.3. The molecule has 1 aromatic carbocycles. The first-order valence-corrected chi connectivity index (χ1v) is 16.8. The van der Waals surface area contributed by atoms with Gasteiger partial charge in [-0.15, -0.1) is 0 Å². The third-order valence-corrected chi connectivity index (χ3v) is 8.57. The molecule has 0 saturated heterocycles. The lowest BCUT2D eigenvalue weighted by Crippen LogP contribution is -2.07. The maximum absolute atomic E-state index is 13.8. The highest BCUT2D eigenvalue weighted by Gasteiger charge is 2.28. The molecular formula is C35H58FNO2. The van der Waals surface area contributed by atoms with Crippen LogP contribution in [0.25, 0.3) is 10.9 Å². The van der Waals surface area contributed by atoms with E-state index in [2.05, 4.69) is 23.6 Å². The van der Waals surface area contributed by atoms with Crippen LogP contribution in [0.3, 0.4) is 0 Å². The summed E-state index contributed by atoms with van der Waals surface area (Å²) in [5, 5.41) is 11.8. The Bertz CT molecular complexity index is 919. The molecule has 1 heterocycles. The molecule has 1 aliphatic rings. The molecule has 1 unspecified atom stereocenters. The van der Waals surface area contributed by atoms with Crippen molar-refractivity contribution in [3.63, 3.8) is 0 Å². The van der Waals surface area contributed by atoms with E-state index in [1.807, 2.05) is 13.0 Å². The van der Waals surface area contributed by atoms with Crippen molar-refractivity contribution >= 4 is 10.9 Å². The summed E-state index contributed by atoms with van der Waals surface area (Å²) in [5.74, 6) is 1.32. The van der Waals surface area contributed by atoms with Gasteiger partial charge in [0.15, 0.2) is 11.5 Å². The van der Waals surface area contributed by atoms with Gasteiger partial charge >= 0.3 is 0 Å². The van der Waals surface area contributed by atoms with Crippen LogP contribution in [-0.2, 0) is 6.54 Å². The van der Waals surface area contributed by atoms with Crippen LogP contribution in [0.4, 0.5) is 4.39 Å². The van der Waals surface area contributed by atoms with Gasteiger partial charge in [0.1, 0.15) is 6.17 Å². The van der Waals surface area contributed by atoms with Crippen molar-refractivity contribution in [2.24, 2.45) is 0 Å². The first-order valence-electron chi connectivity index (χ1n) is 16.8. The second-order valence-corrected chi connectivity index (χ2v) is 12.2. The molecule has 1 N–H and O–H groups in total. The van der Waals surface area contributed by atoms with Gasteiger partial charge in [0, 0.05) is 24.0 Å². The normalized spacial score (nSPS) is 14.3. The van der Waals surface area contributed by atoms with Crippen molar-refractivity contribution in [2.45, 2.75) is 167 Å². The lowest BCUT2D eigenvalue weighted by atomic mass is 10.0. The van der Waals surface area contributed by atoms with Crippen LogP contribution in [0.5, 0.6) is 11.5 Å². The molecule has 0 amide bonds. The molecule has 3 nitrogen and oxygen atoms in total. The molecule has 39 heavy (non-hydrogen) atoms. The van der Waals surface area contributed by atoms with Crippen molar-refractivity contribution in [1.29, 1.82) is 0 Å². The van der Waals surface area contributed by atoms with Crippen molar-refractivity contribution in [2.75, 3.05) is 6.61 Å². The zero-order chi connectivity index (χ0) is 27.7. The fourth-order valence-corrected chi connectivity index (χ4v) is 5.98. The van der Waals surface area contributed by atoms with Crippen LogP contribution < -0.4 is 4.74 Å². The standard InChI is InChI=1S/C35H58FNO2/c1-3-5-6-7-8-9-10-11-12-13-14-15-16-17-18-19-26-37-32-23-24-34(39-27-25-30(36)20-4-2)35(38)31(32)28-33(37)29-21-22-29/h23-24,28-30,38H,3-22,25-27H2,1-2H3. The first-order chi connectivity index (χ1) is 19.2. The first kappa shape index (κ1) is 31.8. The van der Waals surface area contributed by atoms with E-state index in [1.54, 1.807) is 0 Å². The van der Waals surface area contributed by atoms with E-state index in [1.165, 1.54) is 121 Å². The molecule has 4 heteroatoms. The Kier molecular flexibility index (Phi) is 15.2. The van der Waals surface area contributed by atoms with Crippen LogP contribution in [0.15, 0.2) is 18.2 Å². The number of benzene rings is 1. The van der Waals surface area contributed by atoms with E-state index in [-0.39, 0.29) is 5.75 Å². The molecule has 1 aromatic heterocycles. The van der Waals surface area contributed by atoms with E-state index in [0.717, 1.165) is 23.9 Å². The van der Waals surface area contributed by atoms with Gasteiger partial charge < -0.3 is 14.4 Å². The molecule has 1 saturated carbocycles. The second kappa shape index (κ2) is 18.6. The molecule has 222 valence electrons. The summed E-state index contributed by atoms with van der Waals surface area (Å²) in [6, 6.07) is 6.13. The number of aromatic hydroxyl groups is 1. The van der Waals surface area contributed by atoms with Crippen LogP contribution in [0, 0.1) is 0 Å². The van der Waals surface area contributed by atoms with Crippen LogP contribution >= 0.6 is 0 Å². The molecule has 0 spiro atoms. The predicted molar refractivity (Wildman–Crippen MR) is 165 cm³/mol. The summed E-state index contributed by atoms with van der Waals surface area (Å²) in [7, 11) is 0. The number of unbranched alkanes of at least 4 members (excludes halogenated alkanes) is 15. The number of rotatable bonds is 24. The number of phenols is 1. The largest absolute Gasteiger partial charge is 0.504 e. The van der Waals surface area contributed by atoms with Gasteiger partial charge in [-0.1, -0.05) is 117 Å². The van der Waals surface area contributed by atoms with Gasteiger partial charge in [-0.25, -0.2) is 4.39 Å². The van der Waals surface area contributed by atoms with Crippen molar-refractivity contribution in [1.82, 2.24) is 4.57 Å². The SMILES string of the molecule is CCCCCCCCCCCCCCCCCCn1c(C2CC2)cc2c(O)c(OCCC(F)CCC)ccc21. The highest BCUT2D eigenvalue weighted by molar-refractivity contribution is 5.90. The minimum absolute atomic E-state index is 0.214. The van der Waals surface area contributed by atoms with Gasteiger partial charge in [0.2, 0.25) is 0 Å². The number of ether oxygens (including phenoxy) is 1. The molecule has 2 aromatic rings. The number of halogens is 1. The summed E-state index contributed by atoms with van der Waals surface area (Å²) in [6.45, 7) is 5.61. The summed E-state index contributed by atoms with van der Waals surface area (Å²) in [6.07, 6.45) is 25.6. The summed E-state index contributed by atoms with van der Waals surface area (Å²) in [4.78, 5) is 0. The van der Waals surface area contributed by atoms with E-state index in [9.17, 15) is 9.50 Å². The third-order valence-electron chi connectivity index (χ3n) is 8.57. The second-order valence-electron chi connectivity index (χ2n) is 12.2. The number of hydrogen-bond donors (Lipinski definition) is 1. The summed E-state index contributed by atoms with van der Waals surface area (Å²) in [5.41, 5.74) is 2.47. The van der Waals surface area contributed by atoms with E-state index in [0.29, 0.717) is 31.1 Å². The van der Waals surface area contributed by atoms with Crippen molar-refractivity contribution < 1.29 is 14.2 Å². The molecule has 0 radical (unpaired) electrons. The van der Waals surface area contributed by atoms with Gasteiger partial charge in [-0.2, -0.15) is 0 Å². The minimum atomic E-state index is -0.830. The Morgan fingerprint density at radius 2 is 1.36 bits per heavy atom. The minimum Gasteiger partial charge on any atom is -0.504 e. The molecule has 0 aliphatic heterocycles. The Labute approximate surface area is 238 Å². The third kappa shape index (κ3) is 11.4. The molecular weight excluding hydrogens is 485 g/mol. The van der Waals surface area contributed by atoms with Gasteiger partial charge in [0.25, 0.3) is 0 Å². The maximum atomic E-state index is 13.8. The van der Waals surface area contributed by atoms with Gasteiger partial charge in [-0.3, -0.25) is 0 Å². The summed E-state index contributed by atoms with van der Waals surface area (Å²) >= 11 is 0. The number of alkyl halides is 1. The number of fused-ring (bicyclic) bond motifs is 1. The lowest BCUT2D eigenvalue weighted by Gasteiger charge is -2.13. The van der Waals surface area contributed by atoms with Gasteiger partial charge in [-0.05, 0) is 49.8 Å². The Balaban J connectivity index is 1.32. The van der Waals surface area contributed by atoms with Crippen molar-refractivity contribution in [3.8, 4) is 11.5 Å².